The van der Waals surface area contributed by atoms with Crippen LogP contribution in [0.5, 0.6) is 11.5 Å². The number of carbonyl (C=O) groups excluding carboxylic acids is 2. The zero-order valence-corrected chi connectivity index (χ0v) is 20.6. The van der Waals surface area contributed by atoms with Crippen LogP contribution < -0.4 is 20.3 Å². The first-order valence-corrected chi connectivity index (χ1v) is 10.9. The maximum atomic E-state index is 12.2. The van der Waals surface area contributed by atoms with E-state index in [1.54, 1.807) is 18.2 Å². The fourth-order valence-electron chi connectivity index (χ4n) is 2.92. The number of aryl methyl sites for hydroxylation is 1. The monoisotopic (exact) mass is 460 g/mol. The van der Waals surface area contributed by atoms with Gasteiger partial charge in [-0.05, 0) is 58.7 Å². The van der Waals surface area contributed by atoms with Crippen LogP contribution in [0.2, 0.25) is 5.02 Å². The zero-order chi connectivity index (χ0) is 24.1. The van der Waals surface area contributed by atoms with Crippen molar-refractivity contribution in [3.63, 3.8) is 0 Å². The van der Waals surface area contributed by atoms with Crippen LogP contribution in [0.15, 0.2) is 36.4 Å². The maximum Gasteiger partial charge on any atom is 0.276 e. The Balaban J connectivity index is 1.88. The molecule has 0 heterocycles. The molecule has 6 nitrogen and oxygen atoms in total. The highest BCUT2D eigenvalue weighted by Gasteiger charge is 2.23. The molecule has 0 aliphatic carbocycles. The second-order valence-electron chi connectivity index (χ2n) is 9.80. The number of carbonyl (C=O) groups is 2. The number of rotatable bonds is 6. The largest absolute Gasteiger partial charge is 0.484 e. The lowest BCUT2D eigenvalue weighted by molar-refractivity contribution is -0.131. The van der Waals surface area contributed by atoms with Crippen molar-refractivity contribution >= 4 is 23.4 Å². The van der Waals surface area contributed by atoms with Gasteiger partial charge in [-0.1, -0.05) is 65.3 Å². The highest BCUT2D eigenvalue weighted by atomic mass is 35.5. The fourth-order valence-corrected chi connectivity index (χ4v) is 3.04. The smallest absolute Gasteiger partial charge is 0.276 e. The Labute approximate surface area is 195 Å². The van der Waals surface area contributed by atoms with E-state index >= 15 is 0 Å². The maximum absolute atomic E-state index is 12.2. The summed E-state index contributed by atoms with van der Waals surface area (Å²) in [4.78, 5) is 24.1. The number of ether oxygens (including phenoxy) is 2. The Hall–Kier alpha value is -2.73. The summed E-state index contributed by atoms with van der Waals surface area (Å²) < 4.78 is 11.2. The summed E-state index contributed by atoms with van der Waals surface area (Å²) in [6.07, 6.45) is 0. The van der Waals surface area contributed by atoms with Crippen LogP contribution in [-0.2, 0) is 20.4 Å². The summed E-state index contributed by atoms with van der Waals surface area (Å²) in [5.41, 5.74) is 7.58. The molecule has 0 atom stereocenters. The summed E-state index contributed by atoms with van der Waals surface area (Å²) in [5, 5.41) is 0.622. The van der Waals surface area contributed by atoms with E-state index in [1.807, 2.05) is 19.1 Å². The van der Waals surface area contributed by atoms with Gasteiger partial charge in [0.05, 0.1) is 0 Å². The molecule has 2 rings (SSSR count). The number of halogens is 1. The lowest BCUT2D eigenvalue weighted by Crippen LogP contribution is -2.45. The lowest BCUT2D eigenvalue weighted by atomic mass is 9.80. The van der Waals surface area contributed by atoms with E-state index in [2.05, 4.69) is 58.5 Å². The molecule has 7 heteroatoms. The van der Waals surface area contributed by atoms with Crippen molar-refractivity contribution < 1.29 is 19.1 Å². The van der Waals surface area contributed by atoms with E-state index in [9.17, 15) is 9.59 Å². The SMILES string of the molecule is Cc1cc(OCC(=O)NNC(=O)COc2ccc(C(C)(C)C)cc2C(C)(C)C)ccc1Cl. The highest BCUT2D eigenvalue weighted by Crippen LogP contribution is 2.35. The number of amides is 2. The third-order valence-electron chi connectivity index (χ3n) is 4.85. The molecule has 0 saturated heterocycles. The molecule has 0 aliphatic heterocycles. The molecule has 2 amide bonds. The predicted octanol–water partition coefficient (Wildman–Crippen LogP) is 4.85. The minimum Gasteiger partial charge on any atom is -0.484 e. The van der Waals surface area contributed by atoms with E-state index in [1.165, 1.54) is 5.56 Å². The molecule has 2 N–H and O–H groups in total. The van der Waals surface area contributed by atoms with Crippen LogP contribution in [0, 0.1) is 6.92 Å². The Kier molecular flexibility index (Phi) is 8.18. The van der Waals surface area contributed by atoms with Gasteiger partial charge in [-0.3, -0.25) is 20.4 Å². The molecule has 32 heavy (non-hydrogen) atoms. The number of hydrogen-bond donors (Lipinski definition) is 2. The van der Waals surface area contributed by atoms with Gasteiger partial charge in [0.1, 0.15) is 11.5 Å². The third-order valence-corrected chi connectivity index (χ3v) is 5.28. The van der Waals surface area contributed by atoms with Crippen LogP contribution in [0.3, 0.4) is 0 Å². The molecular formula is C25H33ClN2O4. The first-order valence-electron chi connectivity index (χ1n) is 10.5. The number of nitrogens with one attached hydrogen (secondary N) is 2. The van der Waals surface area contributed by atoms with Crippen LogP contribution in [0.4, 0.5) is 0 Å². The summed E-state index contributed by atoms with van der Waals surface area (Å²) >= 11 is 5.97. The van der Waals surface area contributed by atoms with Crippen molar-refractivity contribution in [2.75, 3.05) is 13.2 Å². The number of benzene rings is 2. The molecule has 0 spiro atoms. The van der Waals surface area contributed by atoms with Crippen molar-refractivity contribution in [1.82, 2.24) is 10.9 Å². The first-order chi connectivity index (χ1) is 14.8. The van der Waals surface area contributed by atoms with Gasteiger partial charge in [0.2, 0.25) is 0 Å². The first kappa shape index (κ1) is 25.5. The topological polar surface area (TPSA) is 76.7 Å². The normalized spacial score (nSPS) is 11.6. The minimum atomic E-state index is -0.490. The van der Waals surface area contributed by atoms with Gasteiger partial charge in [0.15, 0.2) is 13.2 Å². The van der Waals surface area contributed by atoms with Crippen molar-refractivity contribution in [1.29, 1.82) is 0 Å². The van der Waals surface area contributed by atoms with Crippen molar-refractivity contribution in [2.24, 2.45) is 0 Å². The quantitative estimate of drug-likeness (QED) is 0.604. The molecule has 0 aromatic heterocycles. The van der Waals surface area contributed by atoms with Crippen LogP contribution in [0.1, 0.15) is 58.2 Å². The summed E-state index contributed by atoms with van der Waals surface area (Å²) in [7, 11) is 0. The molecule has 0 bridgehead atoms. The van der Waals surface area contributed by atoms with Gasteiger partial charge in [-0.2, -0.15) is 0 Å². The van der Waals surface area contributed by atoms with E-state index in [0.29, 0.717) is 16.5 Å². The Bertz CT molecular complexity index is 975. The summed E-state index contributed by atoms with van der Waals surface area (Å²) in [6, 6.07) is 11.1. The lowest BCUT2D eigenvalue weighted by Gasteiger charge is -2.27. The molecular weight excluding hydrogens is 428 g/mol. The zero-order valence-electron chi connectivity index (χ0n) is 19.9. The second-order valence-corrected chi connectivity index (χ2v) is 10.2. The minimum absolute atomic E-state index is 0.00691. The Morgan fingerprint density at radius 1 is 0.844 bits per heavy atom. The second kappa shape index (κ2) is 10.3. The van der Waals surface area contributed by atoms with Gasteiger partial charge < -0.3 is 9.47 Å². The van der Waals surface area contributed by atoms with Crippen LogP contribution in [0.25, 0.3) is 0 Å². The van der Waals surface area contributed by atoms with Crippen LogP contribution in [-0.4, -0.2) is 25.0 Å². The molecule has 0 aliphatic rings. The van der Waals surface area contributed by atoms with Gasteiger partial charge in [0, 0.05) is 5.02 Å². The van der Waals surface area contributed by atoms with E-state index in [0.717, 1.165) is 11.1 Å². The Morgan fingerprint density at radius 2 is 1.44 bits per heavy atom. The molecule has 174 valence electrons. The average molecular weight is 461 g/mol. The van der Waals surface area contributed by atoms with Crippen molar-refractivity contribution in [3.05, 3.63) is 58.1 Å². The number of hydrazine groups is 1. The molecule has 2 aromatic carbocycles. The summed E-state index contributed by atoms with van der Waals surface area (Å²) in [5.74, 6) is 0.204. The third kappa shape index (κ3) is 7.45. The molecule has 2 aromatic rings. The molecule has 0 saturated carbocycles. The van der Waals surface area contributed by atoms with Crippen molar-refractivity contribution in [3.8, 4) is 11.5 Å². The van der Waals surface area contributed by atoms with Crippen LogP contribution >= 0.6 is 11.6 Å². The highest BCUT2D eigenvalue weighted by molar-refractivity contribution is 6.31. The molecule has 0 unspecified atom stereocenters. The fraction of sp³-hybridized carbons (Fsp3) is 0.440. The molecule has 0 fully saturated rings. The predicted molar refractivity (Wildman–Crippen MR) is 127 cm³/mol. The van der Waals surface area contributed by atoms with Crippen molar-refractivity contribution in [2.45, 2.75) is 59.3 Å². The standard InChI is InChI=1S/C25H33ClN2O4/c1-16-12-18(9-10-20(16)26)31-14-22(29)27-28-23(30)15-32-21-11-8-17(24(2,3)4)13-19(21)25(5,6)7/h8-13H,14-15H2,1-7H3,(H,27,29)(H,28,30). The van der Waals surface area contributed by atoms with Gasteiger partial charge >= 0.3 is 0 Å². The van der Waals surface area contributed by atoms with E-state index in [-0.39, 0.29) is 24.0 Å². The Morgan fingerprint density at radius 3 is 1.97 bits per heavy atom. The summed E-state index contributed by atoms with van der Waals surface area (Å²) in [6.45, 7) is 14.1. The van der Waals surface area contributed by atoms with E-state index in [4.69, 9.17) is 21.1 Å². The average Bonchev–Trinajstić information content (AvgIpc) is 2.70. The van der Waals surface area contributed by atoms with Gasteiger partial charge in [-0.15, -0.1) is 0 Å². The number of hydrogen-bond acceptors (Lipinski definition) is 4. The van der Waals surface area contributed by atoms with Gasteiger partial charge in [0.25, 0.3) is 11.8 Å². The molecule has 0 radical (unpaired) electrons. The van der Waals surface area contributed by atoms with Gasteiger partial charge in [-0.25, -0.2) is 0 Å². The van der Waals surface area contributed by atoms with E-state index < -0.39 is 11.8 Å².